The Morgan fingerprint density at radius 1 is 1.00 bits per heavy atom. The third kappa shape index (κ3) is 3.77. The normalized spacial score (nSPS) is 24.2. The van der Waals surface area contributed by atoms with Crippen LogP contribution in [0, 0.1) is 0 Å². The quantitative estimate of drug-likeness (QED) is 0.765. The molecular weight excluding hydrogens is 376 g/mol. The van der Waals surface area contributed by atoms with Gasteiger partial charge in [0.1, 0.15) is 5.75 Å². The summed E-state index contributed by atoms with van der Waals surface area (Å²) in [5.74, 6) is 0.894. The van der Waals surface area contributed by atoms with Crippen LogP contribution in [0.1, 0.15) is 5.56 Å². The van der Waals surface area contributed by atoms with Crippen molar-refractivity contribution in [3.05, 3.63) is 60.2 Å². The molecular formula is C21H24N2O4S. The smallest absolute Gasteiger partial charge is 0.241 e. The van der Waals surface area contributed by atoms with Crippen LogP contribution in [0.25, 0.3) is 0 Å². The van der Waals surface area contributed by atoms with Crippen LogP contribution < -0.4 is 9.64 Å². The van der Waals surface area contributed by atoms with Crippen LogP contribution >= 0.6 is 0 Å². The van der Waals surface area contributed by atoms with Gasteiger partial charge in [0.25, 0.3) is 0 Å². The van der Waals surface area contributed by atoms with E-state index in [1.54, 1.807) is 12.0 Å². The van der Waals surface area contributed by atoms with Crippen molar-refractivity contribution in [1.29, 1.82) is 0 Å². The van der Waals surface area contributed by atoms with Crippen LogP contribution in [0.15, 0.2) is 54.6 Å². The van der Waals surface area contributed by atoms with Gasteiger partial charge in [-0.15, -0.1) is 0 Å². The van der Waals surface area contributed by atoms with Crippen LogP contribution in [0.2, 0.25) is 0 Å². The van der Waals surface area contributed by atoms with E-state index in [4.69, 9.17) is 4.74 Å². The van der Waals surface area contributed by atoms with E-state index in [2.05, 4.69) is 0 Å². The highest BCUT2D eigenvalue weighted by Gasteiger charge is 2.49. The molecule has 6 nitrogen and oxygen atoms in total. The largest absolute Gasteiger partial charge is 0.497 e. The van der Waals surface area contributed by atoms with Crippen molar-refractivity contribution in [3.8, 4) is 5.75 Å². The molecule has 148 valence electrons. The van der Waals surface area contributed by atoms with E-state index in [0.29, 0.717) is 6.54 Å². The zero-order valence-corrected chi connectivity index (χ0v) is 16.6. The highest BCUT2D eigenvalue weighted by Crippen LogP contribution is 2.31. The highest BCUT2D eigenvalue weighted by atomic mass is 32.2. The number of benzene rings is 2. The van der Waals surface area contributed by atoms with E-state index < -0.39 is 9.84 Å². The van der Waals surface area contributed by atoms with Gasteiger partial charge in [-0.25, -0.2) is 8.42 Å². The van der Waals surface area contributed by atoms with Crippen LogP contribution in [-0.2, 0) is 21.1 Å². The van der Waals surface area contributed by atoms with Crippen LogP contribution in [-0.4, -0.2) is 63.0 Å². The Kier molecular flexibility index (Phi) is 5.12. The molecule has 0 unspecified atom stereocenters. The lowest BCUT2D eigenvalue weighted by atomic mass is 10.0. The lowest BCUT2D eigenvalue weighted by molar-refractivity contribution is -0.123. The predicted molar refractivity (Wildman–Crippen MR) is 108 cm³/mol. The van der Waals surface area contributed by atoms with E-state index in [9.17, 15) is 13.2 Å². The first kappa shape index (κ1) is 19.0. The fraction of sp³-hybridized carbons (Fsp3) is 0.381. The van der Waals surface area contributed by atoms with Gasteiger partial charge < -0.3 is 9.64 Å². The average Bonchev–Trinajstić information content (AvgIpc) is 3.02. The zero-order chi connectivity index (χ0) is 19.7. The minimum atomic E-state index is -3.17. The van der Waals surface area contributed by atoms with Crippen molar-refractivity contribution in [2.24, 2.45) is 0 Å². The number of hydrogen-bond acceptors (Lipinski definition) is 5. The van der Waals surface area contributed by atoms with Gasteiger partial charge in [0.2, 0.25) is 5.91 Å². The molecule has 7 heteroatoms. The Hall–Kier alpha value is -2.38. The fourth-order valence-corrected chi connectivity index (χ4v) is 6.17. The lowest BCUT2D eigenvalue weighted by Gasteiger charge is -2.43. The molecule has 0 spiro atoms. The first-order valence-electron chi connectivity index (χ1n) is 9.41. The Morgan fingerprint density at radius 2 is 1.68 bits per heavy atom. The Labute approximate surface area is 165 Å². The van der Waals surface area contributed by atoms with Crippen LogP contribution in [0.3, 0.4) is 0 Å². The minimum absolute atomic E-state index is 0.0251. The summed E-state index contributed by atoms with van der Waals surface area (Å²) in [6.07, 6.45) is 0.756. The van der Waals surface area contributed by atoms with Gasteiger partial charge in [-0.05, 0) is 36.2 Å². The lowest BCUT2D eigenvalue weighted by Crippen LogP contribution is -2.62. The van der Waals surface area contributed by atoms with E-state index in [1.807, 2.05) is 59.5 Å². The third-order valence-corrected chi connectivity index (χ3v) is 7.28. The zero-order valence-electron chi connectivity index (χ0n) is 15.8. The molecule has 1 amide bonds. The first-order valence-corrected chi connectivity index (χ1v) is 11.2. The van der Waals surface area contributed by atoms with Crippen LogP contribution in [0.4, 0.5) is 5.69 Å². The number of ether oxygens (including phenoxy) is 1. The van der Waals surface area contributed by atoms with Gasteiger partial charge in [-0.3, -0.25) is 9.69 Å². The maximum atomic E-state index is 12.9. The second kappa shape index (κ2) is 7.56. The maximum Gasteiger partial charge on any atom is 0.241 e. The van der Waals surface area contributed by atoms with E-state index in [-0.39, 0.29) is 36.0 Å². The first-order chi connectivity index (χ1) is 13.5. The fourth-order valence-electron chi connectivity index (χ4n) is 4.19. The van der Waals surface area contributed by atoms with Gasteiger partial charge >= 0.3 is 0 Å². The number of carbonyl (C=O) groups excluding carboxylic acids is 1. The SMILES string of the molecule is COc1ccc(CCN2CC(=O)N(c3ccccc3)[C@H]3CS(=O)(=O)C[C@H]32)cc1. The maximum absolute atomic E-state index is 12.9. The van der Waals surface area contributed by atoms with Crippen molar-refractivity contribution in [3.63, 3.8) is 0 Å². The number of hydrogen-bond donors (Lipinski definition) is 0. The molecule has 4 rings (SSSR count). The Morgan fingerprint density at radius 3 is 2.36 bits per heavy atom. The summed E-state index contributed by atoms with van der Waals surface area (Å²) in [6.45, 7) is 0.888. The van der Waals surface area contributed by atoms with Gasteiger partial charge in [0.05, 0.1) is 31.2 Å². The number of carbonyl (C=O) groups is 1. The number of piperazine rings is 1. The van der Waals surface area contributed by atoms with E-state index in [0.717, 1.165) is 23.4 Å². The summed E-state index contributed by atoms with van der Waals surface area (Å²) in [5, 5.41) is 0. The van der Waals surface area contributed by atoms with Crippen molar-refractivity contribution in [1.82, 2.24) is 4.90 Å². The number of sulfone groups is 1. The second-order valence-corrected chi connectivity index (χ2v) is 9.53. The molecule has 0 saturated carbocycles. The van der Waals surface area contributed by atoms with Gasteiger partial charge in [0.15, 0.2) is 9.84 Å². The number of anilines is 1. The molecule has 2 aromatic rings. The predicted octanol–water partition coefficient (Wildman–Crippen LogP) is 1.75. The highest BCUT2D eigenvalue weighted by molar-refractivity contribution is 7.91. The average molecular weight is 401 g/mol. The van der Waals surface area contributed by atoms with E-state index in [1.165, 1.54) is 0 Å². The summed E-state index contributed by atoms with van der Waals surface area (Å²) in [6, 6.07) is 16.7. The standard InChI is InChI=1S/C21H24N2O4S/c1-27-18-9-7-16(8-10-18)11-12-22-13-21(24)23(17-5-3-2-4-6-17)20-15-28(25,26)14-19(20)22/h2-10,19-20H,11-15H2,1H3/t19-,20+/m1/s1. The number of rotatable bonds is 5. The Bertz CT molecular complexity index is 944. The van der Waals surface area contributed by atoms with Crippen molar-refractivity contribution < 1.29 is 17.9 Å². The molecule has 28 heavy (non-hydrogen) atoms. The summed E-state index contributed by atoms with van der Waals surface area (Å²) in [7, 11) is -1.54. The molecule has 0 aliphatic carbocycles. The molecule has 2 aliphatic rings. The molecule has 2 heterocycles. The topological polar surface area (TPSA) is 66.9 Å². The van der Waals surface area contributed by atoms with Gasteiger partial charge in [-0.1, -0.05) is 30.3 Å². The summed E-state index contributed by atoms with van der Waals surface area (Å²) in [5.41, 5.74) is 1.91. The number of amides is 1. The number of nitrogens with zero attached hydrogens (tertiary/aromatic N) is 2. The third-order valence-electron chi connectivity index (χ3n) is 5.58. The molecule has 0 aromatic heterocycles. The molecule has 0 N–H and O–H groups in total. The number of methoxy groups -OCH3 is 1. The molecule has 0 radical (unpaired) electrons. The van der Waals surface area contributed by atoms with Gasteiger partial charge in [-0.2, -0.15) is 0 Å². The second-order valence-electron chi connectivity index (χ2n) is 7.38. The van der Waals surface area contributed by atoms with E-state index >= 15 is 0 Å². The summed E-state index contributed by atoms with van der Waals surface area (Å²) in [4.78, 5) is 16.7. The van der Waals surface area contributed by atoms with Crippen LogP contribution in [0.5, 0.6) is 5.75 Å². The number of fused-ring (bicyclic) bond motifs is 1. The number of para-hydroxylation sites is 1. The molecule has 2 fully saturated rings. The Balaban J connectivity index is 1.54. The van der Waals surface area contributed by atoms with Crippen molar-refractivity contribution >= 4 is 21.4 Å². The monoisotopic (exact) mass is 400 g/mol. The van der Waals surface area contributed by atoms with Crippen molar-refractivity contribution in [2.75, 3.05) is 36.6 Å². The summed E-state index contributed by atoms with van der Waals surface area (Å²) >= 11 is 0. The molecule has 2 atom stereocenters. The molecule has 2 saturated heterocycles. The summed E-state index contributed by atoms with van der Waals surface area (Å²) < 4.78 is 30.0. The minimum Gasteiger partial charge on any atom is -0.497 e. The molecule has 0 bridgehead atoms. The van der Waals surface area contributed by atoms with Gasteiger partial charge in [0, 0.05) is 18.3 Å². The molecule has 2 aliphatic heterocycles. The molecule has 2 aromatic carbocycles. The van der Waals surface area contributed by atoms with Crippen molar-refractivity contribution in [2.45, 2.75) is 18.5 Å².